The third kappa shape index (κ3) is 2.50. The standard InChI is InChI=1S/C14H9F2N3O3/c15-9-4-17-12(18-5-9)6-19-10-2-1-8(7-20)3-11(10)22-13(16)14(19)21/h1-5,7,13H,6H2. The van der Waals surface area contributed by atoms with E-state index in [0.29, 0.717) is 11.8 Å². The minimum Gasteiger partial charge on any atom is -0.450 e. The summed E-state index contributed by atoms with van der Waals surface area (Å²) in [5, 5.41) is 0. The van der Waals surface area contributed by atoms with E-state index in [2.05, 4.69) is 9.97 Å². The number of carbonyl (C=O) groups excluding carboxylic acids is 2. The summed E-state index contributed by atoms with van der Waals surface area (Å²) in [5.41, 5.74) is 0.579. The van der Waals surface area contributed by atoms with Gasteiger partial charge in [0.2, 0.25) is 0 Å². The van der Waals surface area contributed by atoms with Gasteiger partial charge in [0.05, 0.1) is 24.6 Å². The van der Waals surface area contributed by atoms with Crippen molar-refractivity contribution in [3.8, 4) is 5.75 Å². The number of aldehydes is 1. The van der Waals surface area contributed by atoms with Gasteiger partial charge in [-0.1, -0.05) is 0 Å². The lowest BCUT2D eigenvalue weighted by Crippen LogP contribution is -2.43. The van der Waals surface area contributed by atoms with Gasteiger partial charge in [0, 0.05) is 5.56 Å². The second kappa shape index (κ2) is 5.47. The van der Waals surface area contributed by atoms with Crippen LogP contribution in [0, 0.1) is 5.82 Å². The van der Waals surface area contributed by atoms with Crippen molar-refractivity contribution in [1.29, 1.82) is 0 Å². The van der Waals surface area contributed by atoms with Crippen molar-refractivity contribution in [2.75, 3.05) is 4.90 Å². The number of nitrogens with zero attached hydrogens (tertiary/aromatic N) is 3. The molecule has 8 heteroatoms. The fraction of sp³-hybridized carbons (Fsp3) is 0.143. The van der Waals surface area contributed by atoms with Crippen molar-refractivity contribution in [3.05, 3.63) is 47.8 Å². The van der Waals surface area contributed by atoms with E-state index >= 15 is 0 Å². The van der Waals surface area contributed by atoms with E-state index in [1.807, 2.05) is 0 Å². The summed E-state index contributed by atoms with van der Waals surface area (Å²) in [6.45, 7) is -0.143. The minimum absolute atomic E-state index is 0.0683. The third-order valence-corrected chi connectivity index (χ3v) is 3.07. The summed E-state index contributed by atoms with van der Waals surface area (Å²) >= 11 is 0. The number of rotatable bonds is 3. The molecule has 0 spiro atoms. The highest BCUT2D eigenvalue weighted by Crippen LogP contribution is 2.35. The van der Waals surface area contributed by atoms with Crippen LogP contribution in [-0.2, 0) is 11.3 Å². The zero-order chi connectivity index (χ0) is 15.7. The van der Waals surface area contributed by atoms with Gasteiger partial charge in [0.25, 0.3) is 0 Å². The van der Waals surface area contributed by atoms with Crippen molar-refractivity contribution in [2.24, 2.45) is 0 Å². The molecular formula is C14H9F2N3O3. The first-order valence-corrected chi connectivity index (χ1v) is 6.26. The zero-order valence-electron chi connectivity index (χ0n) is 11.1. The molecule has 0 saturated heterocycles. The zero-order valence-corrected chi connectivity index (χ0v) is 11.1. The molecule has 0 N–H and O–H groups in total. The topological polar surface area (TPSA) is 72.4 Å². The summed E-state index contributed by atoms with van der Waals surface area (Å²) < 4.78 is 31.4. The highest BCUT2D eigenvalue weighted by atomic mass is 19.1. The van der Waals surface area contributed by atoms with Gasteiger partial charge in [-0.2, -0.15) is 4.39 Å². The van der Waals surface area contributed by atoms with Gasteiger partial charge < -0.3 is 4.74 Å². The van der Waals surface area contributed by atoms with Crippen LogP contribution in [-0.4, -0.2) is 28.5 Å². The predicted molar refractivity (Wildman–Crippen MR) is 70.5 cm³/mol. The number of carbonyl (C=O) groups is 2. The molecule has 0 radical (unpaired) electrons. The molecule has 1 unspecified atom stereocenters. The Kier molecular flexibility index (Phi) is 3.50. The second-order valence-corrected chi connectivity index (χ2v) is 4.52. The van der Waals surface area contributed by atoms with E-state index in [9.17, 15) is 18.4 Å². The molecule has 3 rings (SSSR count). The summed E-state index contributed by atoms with van der Waals surface area (Å²) in [5.74, 6) is -1.32. The Labute approximate surface area is 123 Å². The van der Waals surface area contributed by atoms with Gasteiger partial charge in [-0.3, -0.25) is 14.5 Å². The lowest BCUT2D eigenvalue weighted by atomic mass is 10.1. The molecule has 1 atom stereocenters. The van der Waals surface area contributed by atoms with Crippen molar-refractivity contribution < 1.29 is 23.1 Å². The molecule has 0 bridgehead atoms. The number of halogens is 2. The molecule has 22 heavy (non-hydrogen) atoms. The monoisotopic (exact) mass is 305 g/mol. The summed E-state index contributed by atoms with van der Waals surface area (Å²) in [6.07, 6.45) is 0.309. The number of alkyl halides is 1. The highest BCUT2D eigenvalue weighted by molar-refractivity contribution is 5.99. The maximum absolute atomic E-state index is 13.7. The van der Waals surface area contributed by atoms with Crippen molar-refractivity contribution in [1.82, 2.24) is 9.97 Å². The number of hydrogen-bond acceptors (Lipinski definition) is 5. The first kappa shape index (κ1) is 14.1. The Morgan fingerprint density at radius 1 is 1.32 bits per heavy atom. The second-order valence-electron chi connectivity index (χ2n) is 4.52. The van der Waals surface area contributed by atoms with Crippen LogP contribution in [0.2, 0.25) is 0 Å². The molecule has 1 aromatic carbocycles. The average molecular weight is 305 g/mol. The number of amides is 1. The fourth-order valence-corrected chi connectivity index (χ4v) is 2.05. The van der Waals surface area contributed by atoms with Crippen LogP contribution in [0.1, 0.15) is 16.2 Å². The maximum Gasteiger partial charge on any atom is 0.317 e. The van der Waals surface area contributed by atoms with Gasteiger partial charge in [-0.05, 0) is 18.2 Å². The SMILES string of the molecule is O=Cc1ccc2c(c1)OC(F)C(=O)N2Cc1ncc(F)cn1. The van der Waals surface area contributed by atoms with Gasteiger partial charge in [0.15, 0.2) is 5.82 Å². The summed E-state index contributed by atoms with van der Waals surface area (Å²) in [4.78, 5) is 31.3. The first-order valence-electron chi connectivity index (χ1n) is 6.26. The van der Waals surface area contributed by atoms with Crippen LogP contribution in [0.25, 0.3) is 0 Å². The van der Waals surface area contributed by atoms with E-state index in [-0.39, 0.29) is 23.8 Å². The van der Waals surface area contributed by atoms with Crippen molar-refractivity contribution in [3.63, 3.8) is 0 Å². The first-order chi connectivity index (χ1) is 10.6. The van der Waals surface area contributed by atoms with Gasteiger partial charge in [-0.25, -0.2) is 14.4 Å². The number of aromatic nitrogens is 2. The Morgan fingerprint density at radius 2 is 2.05 bits per heavy atom. The van der Waals surface area contributed by atoms with Gasteiger partial charge >= 0.3 is 12.3 Å². The Hall–Kier alpha value is -2.90. The van der Waals surface area contributed by atoms with E-state index in [0.717, 1.165) is 17.3 Å². The van der Waals surface area contributed by atoms with Crippen LogP contribution < -0.4 is 9.64 Å². The van der Waals surface area contributed by atoms with Crippen molar-refractivity contribution >= 4 is 17.9 Å². The van der Waals surface area contributed by atoms with Crippen LogP contribution >= 0.6 is 0 Å². The number of anilines is 1. The molecule has 0 saturated carbocycles. The van der Waals surface area contributed by atoms with E-state index < -0.39 is 18.1 Å². The smallest absolute Gasteiger partial charge is 0.317 e. The molecular weight excluding hydrogens is 296 g/mol. The quantitative estimate of drug-likeness (QED) is 0.806. The van der Waals surface area contributed by atoms with Crippen LogP contribution in [0.15, 0.2) is 30.6 Å². The molecule has 0 fully saturated rings. The van der Waals surface area contributed by atoms with Crippen molar-refractivity contribution in [2.45, 2.75) is 12.9 Å². The van der Waals surface area contributed by atoms with Gasteiger partial charge in [0.1, 0.15) is 17.9 Å². The fourth-order valence-electron chi connectivity index (χ4n) is 2.05. The molecule has 2 heterocycles. The number of hydrogen-bond donors (Lipinski definition) is 0. The van der Waals surface area contributed by atoms with E-state index in [1.54, 1.807) is 0 Å². The summed E-state index contributed by atoms with van der Waals surface area (Å²) in [7, 11) is 0. The molecule has 2 aromatic rings. The lowest BCUT2D eigenvalue weighted by Gasteiger charge is -2.30. The molecule has 1 aliphatic rings. The molecule has 112 valence electrons. The maximum atomic E-state index is 13.7. The van der Waals surface area contributed by atoms with Crippen LogP contribution in [0.5, 0.6) is 5.75 Å². The lowest BCUT2D eigenvalue weighted by molar-refractivity contribution is -0.134. The van der Waals surface area contributed by atoms with Crippen LogP contribution in [0.4, 0.5) is 14.5 Å². The number of benzene rings is 1. The molecule has 6 nitrogen and oxygen atoms in total. The Balaban J connectivity index is 1.97. The summed E-state index contributed by atoms with van der Waals surface area (Å²) in [6, 6.07) is 4.27. The molecule has 0 aliphatic carbocycles. The number of ether oxygens (including phenoxy) is 1. The Bertz CT molecular complexity index is 737. The minimum atomic E-state index is -2.19. The predicted octanol–water partition coefficient (Wildman–Crippen LogP) is 1.65. The third-order valence-electron chi connectivity index (χ3n) is 3.07. The van der Waals surface area contributed by atoms with E-state index in [1.165, 1.54) is 18.2 Å². The molecule has 1 amide bonds. The molecule has 1 aliphatic heterocycles. The Morgan fingerprint density at radius 3 is 2.73 bits per heavy atom. The van der Waals surface area contributed by atoms with E-state index in [4.69, 9.17) is 4.74 Å². The number of fused-ring (bicyclic) bond motifs is 1. The highest BCUT2D eigenvalue weighted by Gasteiger charge is 2.35. The largest absolute Gasteiger partial charge is 0.450 e. The normalized spacial score (nSPS) is 16.9. The average Bonchev–Trinajstić information content (AvgIpc) is 2.53. The molecule has 1 aromatic heterocycles. The van der Waals surface area contributed by atoms with Crippen LogP contribution in [0.3, 0.4) is 0 Å². The van der Waals surface area contributed by atoms with Gasteiger partial charge in [-0.15, -0.1) is 0 Å².